The Morgan fingerprint density at radius 2 is 1.69 bits per heavy atom. The number of aliphatic hydroxyl groups excluding tert-OH is 4. The Bertz CT molecular complexity index is 730. The minimum atomic E-state index is -1.39. The second-order valence-electron chi connectivity index (χ2n) is 6.54. The maximum Gasteiger partial charge on any atom is 0.121 e. The minimum absolute atomic E-state index is 0.447. The van der Waals surface area contributed by atoms with Gasteiger partial charge >= 0.3 is 0 Å². The molecule has 1 aromatic heterocycles. The Kier molecular flexibility index (Phi) is 6.35. The van der Waals surface area contributed by atoms with Crippen LogP contribution in [0.3, 0.4) is 0 Å². The molecule has 0 bridgehead atoms. The molecular formula is C19H23ClO5S. The van der Waals surface area contributed by atoms with Crippen LogP contribution >= 0.6 is 22.9 Å². The van der Waals surface area contributed by atoms with Gasteiger partial charge in [0.15, 0.2) is 0 Å². The van der Waals surface area contributed by atoms with Crippen molar-refractivity contribution in [2.24, 2.45) is 0 Å². The smallest absolute Gasteiger partial charge is 0.121 e. The highest BCUT2D eigenvalue weighted by Crippen LogP contribution is 2.39. The highest BCUT2D eigenvalue weighted by atomic mass is 35.5. The van der Waals surface area contributed by atoms with Crippen molar-refractivity contribution in [1.29, 1.82) is 0 Å². The molecule has 0 aliphatic carbocycles. The van der Waals surface area contributed by atoms with Crippen molar-refractivity contribution in [3.63, 3.8) is 0 Å². The largest absolute Gasteiger partial charge is 0.394 e. The zero-order valence-corrected chi connectivity index (χ0v) is 16.0. The van der Waals surface area contributed by atoms with E-state index >= 15 is 0 Å². The van der Waals surface area contributed by atoms with Crippen LogP contribution in [0.15, 0.2) is 30.3 Å². The van der Waals surface area contributed by atoms with Crippen LogP contribution < -0.4 is 0 Å². The van der Waals surface area contributed by atoms with Gasteiger partial charge in [0.1, 0.15) is 30.5 Å². The van der Waals surface area contributed by atoms with E-state index in [0.29, 0.717) is 15.6 Å². The normalized spacial score (nSPS) is 29.1. The van der Waals surface area contributed by atoms with Gasteiger partial charge in [-0.15, -0.1) is 11.3 Å². The SMILES string of the molecule is CCc1ccc(Cc2cc(C3OC(CO)C(O)C(O)C3O)sc2Cl)cc1. The van der Waals surface area contributed by atoms with Crippen molar-refractivity contribution in [1.82, 2.24) is 0 Å². The fraction of sp³-hybridized carbons (Fsp3) is 0.474. The van der Waals surface area contributed by atoms with Gasteiger partial charge in [-0.05, 0) is 35.6 Å². The van der Waals surface area contributed by atoms with E-state index < -0.39 is 37.1 Å². The minimum Gasteiger partial charge on any atom is -0.394 e. The predicted molar refractivity (Wildman–Crippen MR) is 101 cm³/mol. The Hall–Kier alpha value is -0.990. The molecule has 7 heteroatoms. The number of ether oxygens (including phenoxy) is 1. The molecular weight excluding hydrogens is 376 g/mol. The number of hydrogen-bond acceptors (Lipinski definition) is 6. The van der Waals surface area contributed by atoms with E-state index in [4.69, 9.17) is 16.3 Å². The molecule has 1 saturated heterocycles. The number of halogens is 1. The van der Waals surface area contributed by atoms with Gasteiger partial charge in [0.25, 0.3) is 0 Å². The molecule has 142 valence electrons. The average molecular weight is 399 g/mol. The van der Waals surface area contributed by atoms with Crippen molar-refractivity contribution < 1.29 is 25.2 Å². The second-order valence-corrected chi connectivity index (χ2v) is 8.23. The lowest BCUT2D eigenvalue weighted by Crippen LogP contribution is -2.55. The van der Waals surface area contributed by atoms with Crippen molar-refractivity contribution >= 4 is 22.9 Å². The lowest BCUT2D eigenvalue weighted by molar-refractivity contribution is -0.230. The summed E-state index contributed by atoms with van der Waals surface area (Å²) in [6.45, 7) is 1.66. The van der Waals surface area contributed by atoms with Gasteiger partial charge in [0.2, 0.25) is 0 Å². The summed E-state index contributed by atoms with van der Waals surface area (Å²) in [6, 6.07) is 10.2. The van der Waals surface area contributed by atoms with Crippen LogP contribution in [0, 0.1) is 0 Å². The van der Waals surface area contributed by atoms with Gasteiger partial charge in [-0.1, -0.05) is 42.8 Å². The maximum atomic E-state index is 10.3. The summed E-state index contributed by atoms with van der Waals surface area (Å²) in [5, 5.41) is 39.5. The summed E-state index contributed by atoms with van der Waals surface area (Å²) in [5.41, 5.74) is 3.31. The molecule has 5 unspecified atom stereocenters. The van der Waals surface area contributed by atoms with Crippen molar-refractivity contribution in [3.8, 4) is 0 Å². The molecule has 2 aromatic rings. The Balaban J connectivity index is 1.80. The van der Waals surface area contributed by atoms with Gasteiger partial charge < -0.3 is 25.2 Å². The number of rotatable bonds is 5. The summed E-state index contributed by atoms with van der Waals surface area (Å²) in [7, 11) is 0. The third-order valence-corrected chi connectivity index (χ3v) is 6.28. The highest BCUT2D eigenvalue weighted by molar-refractivity contribution is 7.16. The summed E-state index contributed by atoms with van der Waals surface area (Å²) >= 11 is 7.65. The molecule has 1 fully saturated rings. The van der Waals surface area contributed by atoms with Crippen LogP contribution in [0.25, 0.3) is 0 Å². The van der Waals surface area contributed by atoms with Crippen LogP contribution in [-0.4, -0.2) is 51.4 Å². The van der Waals surface area contributed by atoms with Crippen LogP contribution in [0.2, 0.25) is 4.34 Å². The molecule has 4 N–H and O–H groups in total. The summed E-state index contributed by atoms with van der Waals surface area (Å²) in [4.78, 5) is 0.659. The first kappa shape index (κ1) is 19.8. The molecule has 1 aliphatic rings. The van der Waals surface area contributed by atoms with Gasteiger partial charge in [0, 0.05) is 4.88 Å². The molecule has 5 atom stereocenters. The average Bonchev–Trinajstić information content (AvgIpc) is 3.01. The van der Waals surface area contributed by atoms with E-state index in [-0.39, 0.29) is 0 Å². The van der Waals surface area contributed by atoms with Gasteiger partial charge in [-0.3, -0.25) is 0 Å². The van der Waals surface area contributed by atoms with Crippen LogP contribution in [0.1, 0.15) is 34.6 Å². The number of thiophene rings is 1. The first-order valence-corrected chi connectivity index (χ1v) is 9.80. The number of benzene rings is 1. The number of hydrogen-bond donors (Lipinski definition) is 4. The monoisotopic (exact) mass is 398 g/mol. The van der Waals surface area contributed by atoms with E-state index in [1.807, 2.05) is 6.07 Å². The van der Waals surface area contributed by atoms with Gasteiger partial charge in [-0.2, -0.15) is 0 Å². The van der Waals surface area contributed by atoms with E-state index in [0.717, 1.165) is 17.5 Å². The van der Waals surface area contributed by atoms with Crippen LogP contribution in [-0.2, 0) is 17.6 Å². The third-order valence-electron chi connectivity index (χ3n) is 4.77. The first-order chi connectivity index (χ1) is 12.4. The highest BCUT2D eigenvalue weighted by Gasteiger charge is 2.44. The lowest BCUT2D eigenvalue weighted by atomic mass is 9.94. The van der Waals surface area contributed by atoms with Crippen molar-refractivity contribution in [3.05, 3.63) is 56.2 Å². The fourth-order valence-corrected chi connectivity index (χ4v) is 4.51. The predicted octanol–water partition coefficient (Wildman–Crippen LogP) is 2.07. The molecule has 0 saturated carbocycles. The van der Waals surface area contributed by atoms with Crippen LogP contribution in [0.5, 0.6) is 0 Å². The molecule has 5 nitrogen and oxygen atoms in total. The quantitative estimate of drug-likeness (QED) is 0.619. The van der Waals surface area contributed by atoms with Gasteiger partial charge in [-0.25, -0.2) is 0 Å². The van der Waals surface area contributed by atoms with E-state index in [9.17, 15) is 20.4 Å². The number of aliphatic hydroxyl groups is 4. The molecule has 0 amide bonds. The first-order valence-electron chi connectivity index (χ1n) is 8.61. The van der Waals surface area contributed by atoms with Gasteiger partial charge in [0.05, 0.1) is 10.9 Å². The van der Waals surface area contributed by atoms with Crippen molar-refractivity contribution in [2.45, 2.75) is 50.3 Å². The summed E-state index contributed by atoms with van der Waals surface area (Å²) in [5.74, 6) is 0. The van der Waals surface area contributed by atoms with E-state index in [1.165, 1.54) is 16.9 Å². The molecule has 0 radical (unpaired) electrons. The Morgan fingerprint density at radius 3 is 2.31 bits per heavy atom. The topological polar surface area (TPSA) is 90.2 Å². The molecule has 26 heavy (non-hydrogen) atoms. The fourth-order valence-electron chi connectivity index (χ4n) is 3.14. The zero-order valence-electron chi connectivity index (χ0n) is 14.4. The Labute approximate surface area is 161 Å². The summed E-state index contributed by atoms with van der Waals surface area (Å²) in [6.07, 6.45) is -4.18. The third kappa shape index (κ3) is 3.97. The molecule has 3 rings (SSSR count). The number of aryl methyl sites for hydroxylation is 1. The van der Waals surface area contributed by atoms with Crippen molar-refractivity contribution in [2.75, 3.05) is 6.61 Å². The zero-order chi connectivity index (χ0) is 18.8. The Morgan fingerprint density at radius 1 is 1.04 bits per heavy atom. The van der Waals surface area contributed by atoms with E-state index in [2.05, 4.69) is 31.2 Å². The molecule has 0 spiro atoms. The van der Waals surface area contributed by atoms with E-state index in [1.54, 1.807) is 0 Å². The maximum absolute atomic E-state index is 10.3. The molecule has 1 aromatic carbocycles. The lowest BCUT2D eigenvalue weighted by Gasteiger charge is -2.39. The summed E-state index contributed by atoms with van der Waals surface area (Å²) < 4.78 is 6.20. The van der Waals surface area contributed by atoms with Crippen LogP contribution in [0.4, 0.5) is 0 Å². The molecule has 2 heterocycles. The molecule has 1 aliphatic heterocycles. The standard InChI is InChI=1S/C19H23ClO5S/c1-2-10-3-5-11(6-4-10)7-12-8-14(26-19(12)20)18-17(24)16(23)15(22)13(9-21)25-18/h3-6,8,13,15-18,21-24H,2,7,9H2,1H3. The second kappa shape index (κ2) is 8.35.